The minimum atomic E-state index is -0.0664. The van der Waals surface area contributed by atoms with Gasteiger partial charge in [-0.1, -0.05) is 42.5 Å². The molecule has 0 fully saturated rings. The fraction of sp³-hybridized carbons (Fsp3) is 0.367. The van der Waals surface area contributed by atoms with Crippen LogP contribution in [0.5, 0.6) is 5.75 Å². The molecule has 0 atom stereocenters. The van der Waals surface area contributed by atoms with Gasteiger partial charge in [0, 0.05) is 64.3 Å². The molecule has 4 rings (SSSR count). The Balaban J connectivity index is 1.55. The van der Waals surface area contributed by atoms with E-state index in [0.29, 0.717) is 19.6 Å². The second-order valence-electron chi connectivity index (χ2n) is 9.51. The molecule has 0 aliphatic carbocycles. The molecule has 2 aromatic carbocycles. The summed E-state index contributed by atoms with van der Waals surface area (Å²) < 4.78 is 5.90. The van der Waals surface area contributed by atoms with E-state index in [2.05, 4.69) is 16.0 Å². The number of hydrogen-bond acceptors (Lipinski definition) is 5. The van der Waals surface area contributed by atoms with E-state index in [9.17, 15) is 9.59 Å². The number of benzene rings is 2. The summed E-state index contributed by atoms with van der Waals surface area (Å²) in [5.41, 5.74) is 3.99. The van der Waals surface area contributed by atoms with Crippen LogP contribution in [0.25, 0.3) is 0 Å². The lowest BCUT2D eigenvalue weighted by atomic mass is 10.1. The molecule has 3 aromatic rings. The quantitative estimate of drug-likeness (QED) is 0.518. The molecule has 1 aromatic heterocycles. The van der Waals surface area contributed by atoms with E-state index in [-0.39, 0.29) is 18.4 Å². The average molecular weight is 501 g/mol. The molecule has 7 nitrogen and oxygen atoms in total. The van der Waals surface area contributed by atoms with Gasteiger partial charge in [-0.2, -0.15) is 0 Å². The van der Waals surface area contributed by atoms with Gasteiger partial charge in [-0.25, -0.2) is 0 Å². The van der Waals surface area contributed by atoms with E-state index >= 15 is 0 Å². The molecule has 1 aliphatic rings. The minimum absolute atomic E-state index is 0.00378. The summed E-state index contributed by atoms with van der Waals surface area (Å²) >= 11 is 0. The van der Waals surface area contributed by atoms with Crippen LogP contribution < -0.4 is 9.64 Å². The number of para-hydroxylation sites is 2. The number of aryl methyl sites for hydroxylation is 1. The highest BCUT2D eigenvalue weighted by atomic mass is 16.5. The van der Waals surface area contributed by atoms with E-state index in [4.69, 9.17) is 4.74 Å². The summed E-state index contributed by atoms with van der Waals surface area (Å²) in [4.78, 5) is 36.4. The van der Waals surface area contributed by atoms with Crippen molar-refractivity contribution in [2.24, 2.45) is 0 Å². The van der Waals surface area contributed by atoms with E-state index in [1.165, 1.54) is 0 Å². The minimum Gasteiger partial charge on any atom is -0.484 e. The monoisotopic (exact) mass is 500 g/mol. The van der Waals surface area contributed by atoms with Crippen LogP contribution in [0.15, 0.2) is 73.1 Å². The van der Waals surface area contributed by atoms with Crippen molar-refractivity contribution in [1.82, 2.24) is 14.8 Å². The van der Waals surface area contributed by atoms with Crippen molar-refractivity contribution in [1.29, 1.82) is 0 Å². The zero-order valence-electron chi connectivity index (χ0n) is 21.8. The molecule has 0 N–H and O–H groups in total. The zero-order valence-corrected chi connectivity index (χ0v) is 21.8. The molecule has 7 heteroatoms. The molecule has 0 bridgehead atoms. The van der Waals surface area contributed by atoms with E-state index in [1.54, 1.807) is 13.1 Å². The lowest BCUT2D eigenvalue weighted by Crippen LogP contribution is -2.39. The van der Waals surface area contributed by atoms with Gasteiger partial charge in [0.2, 0.25) is 5.91 Å². The number of pyridine rings is 1. The van der Waals surface area contributed by atoms with Gasteiger partial charge in [0.15, 0.2) is 6.61 Å². The second-order valence-corrected chi connectivity index (χ2v) is 9.51. The Morgan fingerprint density at radius 1 is 0.919 bits per heavy atom. The molecule has 0 unspecified atom stereocenters. The van der Waals surface area contributed by atoms with Crippen LogP contribution in [0.2, 0.25) is 0 Å². The number of rotatable bonds is 5. The standard InChI is InChI=1S/C30H36N4O3/c1-24-10-3-6-14-29(24)37-23-30(36)33-18-8-16-32(21-26-11-7-15-31-20-26)17-9-19-34(25(2)35)28-13-5-4-12-27(28)22-33/h3-7,10-15,20H,8-9,16-19,21-23H2,1-2H3. The van der Waals surface area contributed by atoms with Crippen molar-refractivity contribution in [2.75, 3.05) is 37.7 Å². The Morgan fingerprint density at radius 2 is 1.68 bits per heavy atom. The zero-order chi connectivity index (χ0) is 26.0. The van der Waals surface area contributed by atoms with Gasteiger partial charge in [0.1, 0.15) is 5.75 Å². The largest absolute Gasteiger partial charge is 0.484 e. The summed E-state index contributed by atoms with van der Waals surface area (Å²) in [7, 11) is 0. The molecule has 0 spiro atoms. The summed E-state index contributed by atoms with van der Waals surface area (Å²) in [6.45, 7) is 7.70. The SMILES string of the molecule is CC(=O)N1CCCN(Cc2cccnc2)CCCN(C(=O)COc2ccccc2C)Cc2ccccc21. The average Bonchev–Trinajstić information content (AvgIpc) is 2.90. The van der Waals surface area contributed by atoms with Gasteiger partial charge in [-0.3, -0.25) is 19.5 Å². The normalized spacial score (nSPS) is 15.3. The second kappa shape index (κ2) is 13.0. The highest BCUT2D eigenvalue weighted by molar-refractivity contribution is 5.92. The first-order valence-electron chi connectivity index (χ1n) is 12.9. The van der Waals surface area contributed by atoms with Crippen LogP contribution in [0, 0.1) is 6.92 Å². The predicted molar refractivity (Wildman–Crippen MR) is 145 cm³/mol. The number of nitrogens with zero attached hydrogens (tertiary/aromatic N) is 4. The Labute approximate surface area is 219 Å². The molecule has 0 radical (unpaired) electrons. The first kappa shape index (κ1) is 26.4. The molecule has 37 heavy (non-hydrogen) atoms. The number of fused-ring (bicyclic) bond motifs is 1. The molecule has 1 aliphatic heterocycles. The Morgan fingerprint density at radius 3 is 2.43 bits per heavy atom. The molecule has 2 amide bonds. The van der Waals surface area contributed by atoms with Crippen molar-refractivity contribution in [3.8, 4) is 5.75 Å². The number of aromatic nitrogens is 1. The number of ether oxygens (including phenoxy) is 1. The Hall–Kier alpha value is -3.71. The Kier molecular flexibility index (Phi) is 9.27. The summed E-state index contributed by atoms with van der Waals surface area (Å²) in [5, 5.41) is 0. The van der Waals surface area contributed by atoms with Gasteiger partial charge in [0.25, 0.3) is 5.91 Å². The van der Waals surface area contributed by atoms with Crippen LogP contribution in [0.4, 0.5) is 5.69 Å². The van der Waals surface area contributed by atoms with Crippen LogP contribution in [-0.4, -0.2) is 59.4 Å². The third-order valence-corrected chi connectivity index (χ3v) is 6.71. The van der Waals surface area contributed by atoms with Gasteiger partial charge >= 0.3 is 0 Å². The highest BCUT2D eigenvalue weighted by Gasteiger charge is 2.22. The molecule has 2 heterocycles. The van der Waals surface area contributed by atoms with Gasteiger partial charge < -0.3 is 14.5 Å². The van der Waals surface area contributed by atoms with Gasteiger partial charge in [0.05, 0.1) is 0 Å². The van der Waals surface area contributed by atoms with Crippen LogP contribution in [0.1, 0.15) is 36.5 Å². The lowest BCUT2D eigenvalue weighted by Gasteiger charge is -2.31. The number of carbonyl (C=O) groups is 2. The van der Waals surface area contributed by atoms with Crippen molar-refractivity contribution in [3.05, 3.63) is 89.7 Å². The first-order chi connectivity index (χ1) is 18.0. The third-order valence-electron chi connectivity index (χ3n) is 6.71. The van der Waals surface area contributed by atoms with Crippen molar-refractivity contribution in [3.63, 3.8) is 0 Å². The van der Waals surface area contributed by atoms with Crippen molar-refractivity contribution >= 4 is 17.5 Å². The summed E-state index contributed by atoms with van der Waals surface area (Å²) in [6, 6.07) is 19.6. The maximum atomic E-state index is 13.4. The van der Waals surface area contributed by atoms with Gasteiger partial charge in [-0.15, -0.1) is 0 Å². The van der Waals surface area contributed by atoms with E-state index < -0.39 is 0 Å². The maximum absolute atomic E-state index is 13.4. The van der Waals surface area contributed by atoms with Gasteiger partial charge in [-0.05, 0) is 54.7 Å². The topological polar surface area (TPSA) is 66.0 Å². The number of amides is 2. The predicted octanol–water partition coefficient (Wildman–Crippen LogP) is 4.45. The fourth-order valence-corrected chi connectivity index (χ4v) is 4.76. The van der Waals surface area contributed by atoms with Crippen molar-refractivity contribution in [2.45, 2.75) is 39.8 Å². The first-order valence-corrected chi connectivity index (χ1v) is 12.9. The molecular weight excluding hydrogens is 464 g/mol. The smallest absolute Gasteiger partial charge is 0.260 e. The van der Waals surface area contributed by atoms with E-state index in [1.807, 2.05) is 77.5 Å². The van der Waals surface area contributed by atoms with Crippen LogP contribution in [0.3, 0.4) is 0 Å². The number of hydrogen-bond donors (Lipinski definition) is 0. The summed E-state index contributed by atoms with van der Waals surface area (Å²) in [5.74, 6) is 0.656. The Bertz CT molecular complexity index is 1180. The fourth-order valence-electron chi connectivity index (χ4n) is 4.76. The summed E-state index contributed by atoms with van der Waals surface area (Å²) in [6.07, 6.45) is 5.38. The molecule has 0 saturated carbocycles. The lowest BCUT2D eigenvalue weighted by molar-refractivity contribution is -0.134. The maximum Gasteiger partial charge on any atom is 0.260 e. The third kappa shape index (κ3) is 7.40. The molecule has 0 saturated heterocycles. The molecule has 194 valence electrons. The van der Waals surface area contributed by atoms with Crippen LogP contribution in [-0.2, 0) is 22.7 Å². The number of carbonyl (C=O) groups excluding carboxylic acids is 2. The molecular formula is C30H36N4O3. The van der Waals surface area contributed by atoms with E-state index in [0.717, 1.165) is 60.6 Å². The van der Waals surface area contributed by atoms with Crippen LogP contribution >= 0.6 is 0 Å². The number of anilines is 1. The van der Waals surface area contributed by atoms with Crippen molar-refractivity contribution < 1.29 is 14.3 Å². The highest BCUT2D eigenvalue weighted by Crippen LogP contribution is 2.24.